The molecule has 1 atom stereocenters. The number of aromatic amines is 2. The van der Waals surface area contributed by atoms with Crippen molar-refractivity contribution in [3.05, 3.63) is 61.8 Å². The van der Waals surface area contributed by atoms with E-state index in [1.807, 2.05) is 43.3 Å². The molecule has 2 aliphatic rings. The number of hydrogen-bond donors (Lipinski definition) is 3. The van der Waals surface area contributed by atoms with E-state index in [0.29, 0.717) is 23.4 Å². The monoisotopic (exact) mass is 368 g/mol. The number of hydrogen-bond acceptors (Lipinski definition) is 5. The Bertz CT molecular complexity index is 1030. The number of ketones is 1. The Morgan fingerprint density at radius 1 is 1.08 bits per heavy atom. The molecule has 0 amide bonds. The molecular formula is C19H20N4O2S. The number of fused-ring (bicyclic) bond motifs is 1. The zero-order valence-electron chi connectivity index (χ0n) is 14.7. The van der Waals surface area contributed by atoms with Crippen LogP contribution < -0.4 is 15.8 Å². The Labute approximate surface area is 156 Å². The van der Waals surface area contributed by atoms with Crippen molar-refractivity contribution < 1.29 is 4.79 Å². The number of benzene rings is 1. The van der Waals surface area contributed by atoms with E-state index in [9.17, 15) is 9.59 Å². The first-order valence-corrected chi connectivity index (χ1v) is 9.03. The van der Waals surface area contributed by atoms with Crippen LogP contribution in [0.4, 0.5) is 11.5 Å². The lowest BCUT2D eigenvalue weighted by atomic mass is 9.76. The molecule has 1 aromatic heterocycles. The fourth-order valence-electron chi connectivity index (χ4n) is 3.79. The fraction of sp³-hybridized carbons (Fsp3) is 0.316. The summed E-state index contributed by atoms with van der Waals surface area (Å²) in [6.07, 6.45) is 2.12. The highest BCUT2D eigenvalue weighted by Gasteiger charge is 2.37. The topological polar surface area (TPSA) is 81.0 Å². The molecule has 3 N–H and O–H groups in total. The number of nitrogens with zero attached hydrogens (tertiary/aromatic N) is 1. The van der Waals surface area contributed by atoms with Crippen molar-refractivity contribution in [2.24, 2.45) is 0 Å². The number of Topliss-reactive ketones (excluding diaryl/α,β-unsaturated/α-hetero) is 1. The van der Waals surface area contributed by atoms with Gasteiger partial charge in [-0.3, -0.25) is 14.6 Å². The Balaban J connectivity index is 1.95. The molecule has 0 bridgehead atoms. The van der Waals surface area contributed by atoms with Crippen LogP contribution in [0.15, 0.2) is 40.3 Å². The minimum Gasteiger partial charge on any atom is -0.378 e. The van der Waals surface area contributed by atoms with Crippen LogP contribution in [-0.4, -0.2) is 29.8 Å². The molecule has 1 aromatic carbocycles. The average molecular weight is 368 g/mol. The predicted molar refractivity (Wildman–Crippen MR) is 104 cm³/mol. The molecule has 7 heteroatoms. The van der Waals surface area contributed by atoms with Crippen LogP contribution in [0, 0.1) is 4.77 Å². The van der Waals surface area contributed by atoms with Gasteiger partial charge in [0.1, 0.15) is 5.82 Å². The van der Waals surface area contributed by atoms with Gasteiger partial charge in [-0.1, -0.05) is 12.1 Å². The summed E-state index contributed by atoms with van der Waals surface area (Å²) >= 11 is 5.12. The largest absolute Gasteiger partial charge is 0.378 e. The van der Waals surface area contributed by atoms with E-state index >= 15 is 0 Å². The van der Waals surface area contributed by atoms with Crippen molar-refractivity contribution in [1.29, 1.82) is 0 Å². The van der Waals surface area contributed by atoms with Crippen molar-refractivity contribution >= 4 is 29.5 Å². The van der Waals surface area contributed by atoms with Crippen molar-refractivity contribution in [2.75, 3.05) is 24.3 Å². The quantitative estimate of drug-likeness (QED) is 0.710. The van der Waals surface area contributed by atoms with Crippen molar-refractivity contribution in [1.82, 2.24) is 9.97 Å². The molecule has 0 spiro atoms. The maximum absolute atomic E-state index is 12.7. The van der Waals surface area contributed by atoms with Crippen LogP contribution in [0.25, 0.3) is 0 Å². The molecule has 0 saturated heterocycles. The van der Waals surface area contributed by atoms with Gasteiger partial charge >= 0.3 is 0 Å². The molecule has 1 aliphatic heterocycles. The van der Waals surface area contributed by atoms with E-state index in [2.05, 4.69) is 15.3 Å². The molecule has 0 radical (unpaired) electrons. The van der Waals surface area contributed by atoms with E-state index in [4.69, 9.17) is 12.2 Å². The first-order valence-electron chi connectivity index (χ1n) is 8.62. The molecule has 26 heavy (non-hydrogen) atoms. The summed E-state index contributed by atoms with van der Waals surface area (Å²) in [5, 5.41) is 3.25. The van der Waals surface area contributed by atoms with Crippen molar-refractivity contribution in [3.63, 3.8) is 0 Å². The maximum Gasteiger partial charge on any atom is 0.257 e. The summed E-state index contributed by atoms with van der Waals surface area (Å²) in [5.41, 5.74) is 3.85. The van der Waals surface area contributed by atoms with Crippen LogP contribution in [0.3, 0.4) is 0 Å². The Kier molecular flexibility index (Phi) is 4.03. The second-order valence-electron chi connectivity index (χ2n) is 6.91. The van der Waals surface area contributed by atoms with Crippen LogP contribution >= 0.6 is 12.2 Å². The number of H-pyrrole nitrogens is 2. The van der Waals surface area contributed by atoms with Crippen LogP contribution in [0.1, 0.15) is 36.3 Å². The third-order valence-electron chi connectivity index (χ3n) is 5.03. The van der Waals surface area contributed by atoms with E-state index in [-0.39, 0.29) is 22.0 Å². The first-order chi connectivity index (χ1) is 12.5. The molecule has 134 valence electrons. The van der Waals surface area contributed by atoms with Gasteiger partial charge in [0.05, 0.1) is 5.56 Å². The number of carbonyl (C=O) groups excluding carboxylic acids is 1. The third kappa shape index (κ3) is 2.68. The zero-order valence-corrected chi connectivity index (χ0v) is 15.5. The van der Waals surface area contributed by atoms with Crippen molar-refractivity contribution in [3.8, 4) is 0 Å². The Hall–Kier alpha value is -2.67. The highest BCUT2D eigenvalue weighted by molar-refractivity contribution is 7.71. The zero-order chi connectivity index (χ0) is 18.4. The van der Waals surface area contributed by atoms with Crippen LogP contribution in [0.2, 0.25) is 0 Å². The maximum atomic E-state index is 12.7. The minimum atomic E-state index is -0.388. The third-order valence-corrected chi connectivity index (χ3v) is 5.24. The number of anilines is 2. The van der Waals surface area contributed by atoms with Crippen molar-refractivity contribution in [2.45, 2.75) is 25.2 Å². The molecule has 0 unspecified atom stereocenters. The predicted octanol–water partition coefficient (Wildman–Crippen LogP) is 3.06. The first kappa shape index (κ1) is 16.8. The normalized spacial score (nSPS) is 18.8. The second-order valence-corrected chi connectivity index (χ2v) is 7.32. The van der Waals surface area contributed by atoms with Gasteiger partial charge in [0.15, 0.2) is 10.6 Å². The van der Waals surface area contributed by atoms with Gasteiger partial charge in [-0.05, 0) is 42.8 Å². The molecule has 1 aliphatic carbocycles. The highest BCUT2D eigenvalue weighted by Crippen LogP contribution is 2.43. The number of nitrogens with one attached hydrogen (secondary N) is 3. The lowest BCUT2D eigenvalue weighted by Gasteiger charge is -2.33. The molecule has 4 rings (SSSR count). The summed E-state index contributed by atoms with van der Waals surface area (Å²) < 4.78 is 0.272. The Morgan fingerprint density at radius 3 is 2.50 bits per heavy atom. The van der Waals surface area contributed by atoms with Gasteiger partial charge in [-0.15, -0.1) is 0 Å². The van der Waals surface area contributed by atoms with Crippen LogP contribution in [-0.2, 0) is 4.79 Å². The summed E-state index contributed by atoms with van der Waals surface area (Å²) in [6.45, 7) is 0. The number of aromatic nitrogens is 2. The highest BCUT2D eigenvalue weighted by atomic mass is 32.1. The van der Waals surface area contributed by atoms with Crippen LogP contribution in [0.5, 0.6) is 0 Å². The van der Waals surface area contributed by atoms with Gasteiger partial charge in [0, 0.05) is 43.4 Å². The molecule has 0 fully saturated rings. The lowest BCUT2D eigenvalue weighted by Crippen LogP contribution is -2.32. The number of allylic oxidation sites excluding steroid dienone is 2. The van der Waals surface area contributed by atoms with Gasteiger partial charge in [-0.25, -0.2) is 0 Å². The van der Waals surface area contributed by atoms with E-state index in [0.717, 1.165) is 29.8 Å². The summed E-state index contributed by atoms with van der Waals surface area (Å²) in [6, 6.07) is 7.99. The fourth-order valence-corrected chi connectivity index (χ4v) is 3.99. The van der Waals surface area contributed by atoms with Gasteiger partial charge < -0.3 is 15.2 Å². The minimum absolute atomic E-state index is 0.105. The summed E-state index contributed by atoms with van der Waals surface area (Å²) in [5.74, 6) is 0.308. The molecule has 6 nitrogen and oxygen atoms in total. The standard InChI is InChI=1S/C19H20N4O2S/c1-23(2)11-8-6-10(7-9-11)14-15-12(4-3-5-13(15)24)20-17-16(14)18(25)22-19(26)21-17/h6-9,14H,3-5H2,1-2H3,(H3,20,21,22,25,26)/t14-/m0/s1. The molecule has 2 aromatic rings. The van der Waals surface area contributed by atoms with E-state index in [1.165, 1.54) is 0 Å². The summed E-state index contributed by atoms with van der Waals surface area (Å²) in [7, 11) is 3.95. The lowest BCUT2D eigenvalue weighted by molar-refractivity contribution is -0.116. The summed E-state index contributed by atoms with van der Waals surface area (Å²) in [4.78, 5) is 33.1. The van der Waals surface area contributed by atoms with Gasteiger partial charge in [0.25, 0.3) is 5.56 Å². The second kappa shape index (κ2) is 6.25. The molecular weight excluding hydrogens is 348 g/mol. The SMILES string of the molecule is CN(C)c1ccc([C@H]2C3=C(CCCC3=O)Nc3[nH]c(=S)[nH]c(=O)c32)cc1. The smallest absolute Gasteiger partial charge is 0.257 e. The van der Waals surface area contributed by atoms with E-state index < -0.39 is 0 Å². The molecule has 2 heterocycles. The number of rotatable bonds is 2. The van der Waals surface area contributed by atoms with Gasteiger partial charge in [0.2, 0.25) is 0 Å². The van der Waals surface area contributed by atoms with E-state index in [1.54, 1.807) is 0 Å². The number of carbonyl (C=O) groups is 1. The average Bonchev–Trinajstić information content (AvgIpc) is 2.60. The van der Waals surface area contributed by atoms with Gasteiger partial charge in [-0.2, -0.15) is 0 Å². The Morgan fingerprint density at radius 2 is 1.81 bits per heavy atom. The molecule has 0 saturated carbocycles.